The van der Waals surface area contributed by atoms with Crippen molar-refractivity contribution in [3.8, 4) is 0 Å². The van der Waals surface area contributed by atoms with Gasteiger partial charge in [-0.2, -0.15) is 0 Å². The lowest BCUT2D eigenvalue weighted by Crippen LogP contribution is -2.38. The van der Waals surface area contributed by atoms with Crippen molar-refractivity contribution in [3.05, 3.63) is 105 Å². The molecule has 166 valence electrons. The first kappa shape index (κ1) is 23.6. The molecule has 0 aliphatic heterocycles. The van der Waals surface area contributed by atoms with Crippen molar-refractivity contribution in [2.45, 2.75) is 12.1 Å². The minimum absolute atomic E-state index is 0.0516. The molecule has 0 fully saturated rings. The van der Waals surface area contributed by atoms with Crippen LogP contribution in [0.25, 0.3) is 0 Å². The van der Waals surface area contributed by atoms with Gasteiger partial charge in [0.1, 0.15) is 6.04 Å². The third-order valence-electron chi connectivity index (χ3n) is 5.14. The number of likely N-dealkylation sites (N-methyl/N-ethyl adjacent to an activating group) is 1. The maximum atomic E-state index is 13.3. The highest BCUT2D eigenvalue weighted by atomic mass is 79.9. The molecule has 0 aliphatic rings. The Labute approximate surface area is 195 Å². The number of benzene rings is 3. The molecule has 3 aromatic rings. The van der Waals surface area contributed by atoms with Crippen LogP contribution in [-0.2, 0) is 4.79 Å². The lowest BCUT2D eigenvalue weighted by molar-refractivity contribution is -0.384. The molecular weight excluding hydrogens is 472 g/mol. The van der Waals surface area contributed by atoms with Crippen molar-refractivity contribution in [1.29, 1.82) is 0 Å². The Hall–Kier alpha value is -3.07. The summed E-state index contributed by atoms with van der Waals surface area (Å²) >= 11 is 3.31. The van der Waals surface area contributed by atoms with Crippen molar-refractivity contribution < 1.29 is 9.72 Å². The molecule has 0 unspecified atom stereocenters. The molecule has 7 nitrogen and oxygen atoms in total. The Bertz CT molecular complexity index is 1060. The Balaban J connectivity index is 1.82. The van der Waals surface area contributed by atoms with Gasteiger partial charge in [-0.05, 0) is 47.2 Å². The van der Waals surface area contributed by atoms with E-state index in [9.17, 15) is 14.9 Å². The molecule has 1 amide bonds. The number of carbonyl (C=O) groups excluding carboxylic acids is 1. The van der Waals surface area contributed by atoms with Gasteiger partial charge in [0.25, 0.3) is 5.69 Å². The predicted molar refractivity (Wildman–Crippen MR) is 129 cm³/mol. The molecule has 0 saturated carbocycles. The van der Waals surface area contributed by atoms with E-state index in [0.717, 1.165) is 11.1 Å². The lowest BCUT2D eigenvalue weighted by atomic mass is 10.0. The van der Waals surface area contributed by atoms with Crippen LogP contribution in [0.1, 0.15) is 23.2 Å². The van der Waals surface area contributed by atoms with Crippen molar-refractivity contribution in [1.82, 2.24) is 10.2 Å². The molecule has 0 saturated heterocycles. The van der Waals surface area contributed by atoms with Crippen LogP contribution in [0.4, 0.5) is 11.4 Å². The van der Waals surface area contributed by atoms with Crippen LogP contribution in [0.2, 0.25) is 0 Å². The zero-order chi connectivity index (χ0) is 23.1. The van der Waals surface area contributed by atoms with E-state index >= 15 is 0 Å². The molecule has 0 radical (unpaired) electrons. The summed E-state index contributed by atoms with van der Waals surface area (Å²) in [5.41, 5.74) is 2.39. The van der Waals surface area contributed by atoms with Gasteiger partial charge in [0, 0.05) is 29.2 Å². The minimum atomic E-state index is -0.607. The van der Waals surface area contributed by atoms with E-state index < -0.39 is 11.0 Å². The number of halogens is 1. The molecule has 3 rings (SSSR count). The molecule has 0 spiro atoms. The Morgan fingerprint density at radius 3 is 2.12 bits per heavy atom. The summed E-state index contributed by atoms with van der Waals surface area (Å²) in [7, 11) is 4.01. The van der Waals surface area contributed by atoms with Gasteiger partial charge in [0.2, 0.25) is 5.91 Å². The molecule has 0 aromatic heterocycles. The molecular formula is C24H25BrN4O3. The minimum Gasteiger partial charge on any atom is -0.323 e. The van der Waals surface area contributed by atoms with Gasteiger partial charge in [-0.25, -0.2) is 0 Å². The van der Waals surface area contributed by atoms with Crippen molar-refractivity contribution >= 4 is 33.2 Å². The second-order valence-electron chi connectivity index (χ2n) is 7.55. The van der Waals surface area contributed by atoms with Crippen LogP contribution in [0.3, 0.4) is 0 Å². The summed E-state index contributed by atoms with van der Waals surface area (Å²) in [6.45, 7) is 0.547. The van der Waals surface area contributed by atoms with E-state index in [1.807, 2.05) is 62.6 Å². The van der Waals surface area contributed by atoms with Gasteiger partial charge in [-0.3, -0.25) is 14.9 Å². The van der Waals surface area contributed by atoms with Crippen molar-refractivity contribution in [2.24, 2.45) is 0 Å². The number of amides is 1. The molecule has 0 bridgehead atoms. The van der Waals surface area contributed by atoms with E-state index in [0.29, 0.717) is 16.7 Å². The smallest absolute Gasteiger partial charge is 0.270 e. The summed E-state index contributed by atoms with van der Waals surface area (Å²) in [6.07, 6.45) is 0. The average Bonchev–Trinajstić information content (AvgIpc) is 2.78. The Kier molecular flexibility index (Phi) is 8.10. The van der Waals surface area contributed by atoms with Crippen LogP contribution in [0.15, 0.2) is 83.3 Å². The Morgan fingerprint density at radius 2 is 1.59 bits per heavy atom. The monoisotopic (exact) mass is 496 g/mol. The van der Waals surface area contributed by atoms with Crippen LogP contribution in [0, 0.1) is 10.1 Å². The number of nitrogens with one attached hydrogen (secondary N) is 2. The predicted octanol–water partition coefficient (Wildman–Crippen LogP) is 4.93. The number of nitrogens with zero attached hydrogens (tertiary/aromatic N) is 2. The summed E-state index contributed by atoms with van der Waals surface area (Å²) in [6, 6.07) is 23.3. The van der Waals surface area contributed by atoms with Crippen molar-refractivity contribution in [2.75, 3.05) is 26.0 Å². The first-order valence-corrected chi connectivity index (χ1v) is 10.9. The normalized spacial score (nSPS) is 12.9. The molecule has 3 aromatic carbocycles. The summed E-state index contributed by atoms with van der Waals surface area (Å²) < 4.78 is 0.447. The van der Waals surface area contributed by atoms with E-state index in [1.54, 1.807) is 0 Å². The number of carbonyl (C=O) groups is 1. The molecule has 8 heteroatoms. The fraction of sp³-hybridized carbons (Fsp3) is 0.208. The first-order chi connectivity index (χ1) is 15.4. The number of hydrogen-bond acceptors (Lipinski definition) is 5. The quantitative estimate of drug-likeness (QED) is 0.324. The van der Waals surface area contributed by atoms with E-state index in [2.05, 4.69) is 43.6 Å². The third kappa shape index (κ3) is 6.00. The highest BCUT2D eigenvalue weighted by Gasteiger charge is 2.24. The molecule has 0 heterocycles. The van der Waals surface area contributed by atoms with Crippen LogP contribution >= 0.6 is 15.9 Å². The maximum absolute atomic E-state index is 13.3. The molecule has 2 atom stereocenters. The van der Waals surface area contributed by atoms with E-state index in [-0.39, 0.29) is 17.6 Å². The summed E-state index contributed by atoms with van der Waals surface area (Å²) in [5.74, 6) is -0.253. The summed E-state index contributed by atoms with van der Waals surface area (Å²) in [4.78, 5) is 25.9. The Morgan fingerprint density at radius 1 is 1.00 bits per heavy atom. The topological polar surface area (TPSA) is 87.5 Å². The SMILES string of the molecule is CN(C)[C@@H](CN[C@@H](C(=O)Nc1ccc([N+](=O)[O-])cc1Br)c1ccccc1)c1ccccc1. The van der Waals surface area contributed by atoms with Gasteiger partial charge in [-0.15, -0.1) is 0 Å². The fourth-order valence-corrected chi connectivity index (χ4v) is 3.90. The third-order valence-corrected chi connectivity index (χ3v) is 5.80. The average molecular weight is 497 g/mol. The van der Waals surface area contributed by atoms with Gasteiger partial charge in [0.05, 0.1) is 10.6 Å². The maximum Gasteiger partial charge on any atom is 0.270 e. The molecule has 2 N–H and O–H groups in total. The van der Waals surface area contributed by atoms with Crippen LogP contribution in [-0.4, -0.2) is 36.4 Å². The van der Waals surface area contributed by atoms with Gasteiger partial charge in [0.15, 0.2) is 0 Å². The number of non-ortho nitro benzene ring substituents is 1. The van der Waals surface area contributed by atoms with Crippen molar-refractivity contribution in [3.63, 3.8) is 0 Å². The molecule has 32 heavy (non-hydrogen) atoms. The second-order valence-corrected chi connectivity index (χ2v) is 8.41. The highest BCUT2D eigenvalue weighted by Crippen LogP contribution is 2.28. The number of nitro groups is 1. The number of hydrogen-bond donors (Lipinski definition) is 2. The molecule has 0 aliphatic carbocycles. The second kappa shape index (κ2) is 11.0. The number of anilines is 1. The van der Waals surface area contributed by atoms with Gasteiger partial charge in [-0.1, -0.05) is 60.7 Å². The van der Waals surface area contributed by atoms with E-state index in [1.165, 1.54) is 18.2 Å². The summed E-state index contributed by atoms with van der Waals surface area (Å²) in [5, 5.41) is 17.3. The largest absolute Gasteiger partial charge is 0.323 e. The lowest BCUT2D eigenvalue weighted by Gasteiger charge is -2.28. The van der Waals surface area contributed by atoms with Gasteiger partial charge >= 0.3 is 0 Å². The van der Waals surface area contributed by atoms with E-state index in [4.69, 9.17) is 0 Å². The number of rotatable bonds is 9. The van der Waals surface area contributed by atoms with Gasteiger partial charge < -0.3 is 15.5 Å². The first-order valence-electron chi connectivity index (χ1n) is 10.1. The zero-order valence-electron chi connectivity index (χ0n) is 17.9. The number of nitro benzene ring substituents is 1. The fourth-order valence-electron chi connectivity index (χ4n) is 3.43. The highest BCUT2D eigenvalue weighted by molar-refractivity contribution is 9.10. The van der Waals surface area contributed by atoms with Crippen LogP contribution < -0.4 is 10.6 Å². The zero-order valence-corrected chi connectivity index (χ0v) is 19.5. The van der Waals surface area contributed by atoms with Crippen LogP contribution in [0.5, 0.6) is 0 Å². The standard InChI is InChI=1S/C24H25BrN4O3/c1-28(2)22(17-9-5-3-6-10-17)16-26-23(18-11-7-4-8-12-18)24(30)27-21-14-13-19(29(31)32)15-20(21)25/h3-15,22-23,26H,16H2,1-2H3,(H,27,30)/t22-,23+/m0/s1.